The van der Waals surface area contributed by atoms with E-state index in [4.69, 9.17) is 0 Å². The minimum atomic E-state index is -3.55. The van der Waals surface area contributed by atoms with Gasteiger partial charge in [-0.05, 0) is 49.6 Å². The minimum absolute atomic E-state index is 0. The Kier molecular flexibility index (Phi) is 7.43. The molecule has 170 valence electrons. The molecule has 0 saturated carbocycles. The highest BCUT2D eigenvalue weighted by Gasteiger charge is 2.31. The molecule has 7 nitrogen and oxygen atoms in total. The van der Waals surface area contributed by atoms with E-state index in [2.05, 4.69) is 36.1 Å². The first kappa shape index (κ1) is 24.1. The van der Waals surface area contributed by atoms with Gasteiger partial charge in [0.2, 0.25) is 10.0 Å². The van der Waals surface area contributed by atoms with Crippen LogP contribution in [0.15, 0.2) is 29.2 Å². The molecule has 31 heavy (non-hydrogen) atoms. The Hall–Kier alpha value is -1.52. The van der Waals surface area contributed by atoms with E-state index in [1.54, 1.807) is 16.4 Å². The molecule has 1 fully saturated rings. The maximum atomic E-state index is 13.0. The summed E-state index contributed by atoms with van der Waals surface area (Å²) in [5, 5.41) is 3.44. The number of amides is 1. The third-order valence-electron chi connectivity index (χ3n) is 5.73. The summed E-state index contributed by atoms with van der Waals surface area (Å²) >= 11 is 1.50. The number of rotatable bonds is 4. The van der Waals surface area contributed by atoms with Gasteiger partial charge in [-0.2, -0.15) is 4.31 Å². The van der Waals surface area contributed by atoms with E-state index in [0.717, 1.165) is 31.6 Å². The number of halogens is 1. The largest absolute Gasteiger partial charge is 0.301 e. The molecular weight excluding hydrogens is 456 g/mol. The predicted molar refractivity (Wildman–Crippen MR) is 125 cm³/mol. The third kappa shape index (κ3) is 5.28. The monoisotopic (exact) mass is 484 g/mol. The highest BCUT2D eigenvalue weighted by Crippen LogP contribution is 2.29. The fourth-order valence-electron chi connectivity index (χ4n) is 4.28. The average molecular weight is 485 g/mol. The number of nitrogens with one attached hydrogen (secondary N) is 1. The number of piperidine rings is 1. The lowest BCUT2D eigenvalue weighted by Crippen LogP contribution is -2.42. The highest BCUT2D eigenvalue weighted by molar-refractivity contribution is 7.89. The molecule has 1 N–H and O–H groups in total. The molecule has 2 aliphatic rings. The van der Waals surface area contributed by atoms with Gasteiger partial charge in [0.05, 0.1) is 10.6 Å². The summed E-state index contributed by atoms with van der Waals surface area (Å²) in [4.78, 5) is 20.8. The molecule has 4 rings (SSSR count). The standard InChI is InChI=1S/C21H28N4O3S2.ClH/c1-14-10-15(2)12-25(11-14)30(27,28)17-6-4-16(5-7-17)20(26)23-21-22-18-8-9-24(3)13-19(18)29-21;/h4-7,14-15H,8-13H2,1-3H3,(H,22,23,26);1H. The van der Waals surface area contributed by atoms with E-state index in [1.165, 1.54) is 28.3 Å². The van der Waals surface area contributed by atoms with Crippen LogP contribution >= 0.6 is 23.7 Å². The number of anilines is 1. The Bertz CT molecular complexity index is 1030. The normalized spacial score (nSPS) is 22.4. The van der Waals surface area contributed by atoms with Gasteiger partial charge in [-0.3, -0.25) is 10.1 Å². The SMILES string of the molecule is CC1CC(C)CN(S(=O)(=O)c2ccc(C(=O)Nc3nc4c(s3)CN(C)CC4)cc2)C1.Cl. The van der Waals surface area contributed by atoms with Crippen LogP contribution in [0.2, 0.25) is 0 Å². The Labute approximate surface area is 194 Å². The molecule has 0 bridgehead atoms. The van der Waals surface area contributed by atoms with E-state index >= 15 is 0 Å². The molecule has 0 spiro atoms. The van der Waals surface area contributed by atoms with Gasteiger partial charge in [0.15, 0.2) is 5.13 Å². The molecule has 10 heteroatoms. The molecule has 2 aromatic rings. The lowest BCUT2D eigenvalue weighted by molar-refractivity contribution is 0.102. The summed E-state index contributed by atoms with van der Waals surface area (Å²) in [6, 6.07) is 6.19. The lowest BCUT2D eigenvalue weighted by Gasteiger charge is -2.34. The second-order valence-electron chi connectivity index (χ2n) is 8.62. The van der Waals surface area contributed by atoms with E-state index in [0.29, 0.717) is 35.6 Å². The van der Waals surface area contributed by atoms with Crippen molar-refractivity contribution >= 4 is 44.8 Å². The number of fused-ring (bicyclic) bond motifs is 1. The number of hydrogen-bond donors (Lipinski definition) is 1. The molecule has 1 amide bonds. The Morgan fingerprint density at radius 2 is 1.81 bits per heavy atom. The Morgan fingerprint density at radius 1 is 1.16 bits per heavy atom. The first-order chi connectivity index (χ1) is 14.2. The van der Waals surface area contributed by atoms with Crippen molar-refractivity contribution in [3.8, 4) is 0 Å². The number of carbonyl (C=O) groups excluding carboxylic acids is 1. The topological polar surface area (TPSA) is 82.6 Å². The number of carbonyl (C=O) groups is 1. The van der Waals surface area contributed by atoms with E-state index in [1.807, 2.05) is 0 Å². The Balaban J connectivity index is 0.00000272. The number of thiazole rings is 1. The van der Waals surface area contributed by atoms with Crippen LogP contribution in [0.3, 0.4) is 0 Å². The average Bonchev–Trinajstić information content (AvgIpc) is 3.08. The first-order valence-electron chi connectivity index (χ1n) is 10.3. The van der Waals surface area contributed by atoms with Crippen molar-refractivity contribution in [1.29, 1.82) is 0 Å². The molecular formula is C21H29ClN4O3S2. The van der Waals surface area contributed by atoms with Gasteiger partial charge >= 0.3 is 0 Å². The van der Waals surface area contributed by atoms with Crippen molar-refractivity contribution in [3.05, 3.63) is 40.4 Å². The van der Waals surface area contributed by atoms with Gasteiger partial charge in [0.1, 0.15) is 0 Å². The summed E-state index contributed by atoms with van der Waals surface area (Å²) in [6.45, 7) is 7.07. The second-order valence-corrected chi connectivity index (χ2v) is 11.6. The fraction of sp³-hybridized carbons (Fsp3) is 0.524. The summed E-state index contributed by atoms with van der Waals surface area (Å²) in [5.74, 6) is 0.411. The number of likely N-dealkylation sites (N-methyl/N-ethyl adjacent to an activating group) is 1. The summed E-state index contributed by atoms with van der Waals surface area (Å²) in [7, 11) is -1.48. The van der Waals surface area contributed by atoms with E-state index in [9.17, 15) is 13.2 Å². The molecule has 1 aromatic heterocycles. The van der Waals surface area contributed by atoms with Crippen LogP contribution in [0.25, 0.3) is 0 Å². The van der Waals surface area contributed by atoms with Crippen LogP contribution in [0.5, 0.6) is 0 Å². The minimum Gasteiger partial charge on any atom is -0.301 e. The number of hydrogen-bond acceptors (Lipinski definition) is 6. The van der Waals surface area contributed by atoms with Crippen LogP contribution in [-0.4, -0.2) is 55.2 Å². The summed E-state index contributed by atoms with van der Waals surface area (Å²) in [5.41, 5.74) is 1.47. The van der Waals surface area contributed by atoms with Crippen molar-refractivity contribution < 1.29 is 13.2 Å². The van der Waals surface area contributed by atoms with Crippen molar-refractivity contribution in [2.24, 2.45) is 11.8 Å². The molecule has 2 aliphatic heterocycles. The van der Waals surface area contributed by atoms with Crippen LogP contribution in [0.4, 0.5) is 5.13 Å². The summed E-state index contributed by atoms with van der Waals surface area (Å²) < 4.78 is 27.6. The van der Waals surface area contributed by atoms with E-state index in [-0.39, 0.29) is 23.2 Å². The van der Waals surface area contributed by atoms with Crippen molar-refractivity contribution in [2.45, 2.75) is 38.1 Å². The maximum Gasteiger partial charge on any atom is 0.257 e. The van der Waals surface area contributed by atoms with Crippen LogP contribution in [-0.2, 0) is 23.0 Å². The second kappa shape index (κ2) is 9.54. The Morgan fingerprint density at radius 3 is 2.45 bits per heavy atom. The number of aromatic nitrogens is 1. The number of benzene rings is 1. The molecule has 1 aromatic carbocycles. The van der Waals surface area contributed by atoms with Gasteiger partial charge < -0.3 is 4.90 Å². The zero-order valence-electron chi connectivity index (χ0n) is 18.0. The smallest absolute Gasteiger partial charge is 0.257 e. The van der Waals surface area contributed by atoms with Crippen LogP contribution < -0.4 is 5.32 Å². The van der Waals surface area contributed by atoms with Gasteiger partial charge in [-0.25, -0.2) is 13.4 Å². The van der Waals surface area contributed by atoms with Crippen LogP contribution in [0, 0.1) is 11.8 Å². The zero-order chi connectivity index (χ0) is 21.5. The van der Waals surface area contributed by atoms with Gasteiger partial charge in [0, 0.05) is 43.0 Å². The molecule has 0 aliphatic carbocycles. The predicted octanol–water partition coefficient (Wildman–Crippen LogP) is 3.47. The fourth-order valence-corrected chi connectivity index (χ4v) is 7.04. The summed E-state index contributed by atoms with van der Waals surface area (Å²) in [6.07, 6.45) is 1.93. The quantitative estimate of drug-likeness (QED) is 0.718. The van der Waals surface area contributed by atoms with Crippen molar-refractivity contribution in [2.75, 3.05) is 32.0 Å². The molecule has 2 unspecified atom stereocenters. The van der Waals surface area contributed by atoms with Crippen molar-refractivity contribution in [3.63, 3.8) is 0 Å². The highest BCUT2D eigenvalue weighted by atomic mass is 35.5. The molecule has 0 radical (unpaired) electrons. The number of sulfonamides is 1. The maximum absolute atomic E-state index is 13.0. The lowest BCUT2D eigenvalue weighted by atomic mass is 9.94. The molecule has 2 atom stereocenters. The zero-order valence-corrected chi connectivity index (χ0v) is 20.4. The van der Waals surface area contributed by atoms with Gasteiger partial charge in [0.25, 0.3) is 5.91 Å². The van der Waals surface area contributed by atoms with E-state index < -0.39 is 10.0 Å². The van der Waals surface area contributed by atoms with Gasteiger partial charge in [-0.1, -0.05) is 13.8 Å². The van der Waals surface area contributed by atoms with Gasteiger partial charge in [-0.15, -0.1) is 23.7 Å². The van der Waals surface area contributed by atoms with Crippen molar-refractivity contribution in [1.82, 2.24) is 14.2 Å². The third-order valence-corrected chi connectivity index (χ3v) is 8.58. The number of nitrogens with zero attached hydrogens (tertiary/aromatic N) is 3. The molecule has 3 heterocycles. The van der Waals surface area contributed by atoms with Crippen LogP contribution in [0.1, 0.15) is 41.2 Å². The molecule has 1 saturated heterocycles. The first-order valence-corrected chi connectivity index (χ1v) is 12.6.